The lowest BCUT2D eigenvalue weighted by Crippen LogP contribution is -2.29. The molecule has 0 aromatic heterocycles. The summed E-state index contributed by atoms with van der Waals surface area (Å²) < 4.78 is 13.6. The first-order valence-electron chi connectivity index (χ1n) is 6.74. The van der Waals surface area contributed by atoms with Crippen LogP contribution in [0.15, 0.2) is 18.2 Å². The van der Waals surface area contributed by atoms with E-state index in [4.69, 9.17) is 10.4 Å². The number of halogens is 1. The second kappa shape index (κ2) is 6.49. The highest BCUT2D eigenvalue weighted by Crippen LogP contribution is 2.31. The van der Waals surface area contributed by atoms with Crippen LogP contribution < -0.4 is 5.32 Å². The first-order valence-corrected chi connectivity index (χ1v) is 6.74. The Morgan fingerprint density at radius 2 is 2.30 bits per heavy atom. The normalized spacial score (nSPS) is 21.6. The van der Waals surface area contributed by atoms with Gasteiger partial charge in [0.25, 0.3) is 0 Å². The molecule has 1 aromatic rings. The van der Waals surface area contributed by atoms with Crippen LogP contribution in [0.5, 0.6) is 0 Å². The van der Waals surface area contributed by atoms with Crippen molar-refractivity contribution in [3.63, 3.8) is 0 Å². The lowest BCUT2D eigenvalue weighted by molar-refractivity contribution is -0.142. The van der Waals surface area contributed by atoms with Crippen LogP contribution in [0, 0.1) is 29.0 Å². The molecule has 20 heavy (non-hydrogen) atoms. The van der Waals surface area contributed by atoms with E-state index in [1.807, 2.05) is 6.07 Å². The number of rotatable bonds is 5. The second-order valence-electron chi connectivity index (χ2n) is 5.18. The van der Waals surface area contributed by atoms with Crippen molar-refractivity contribution in [1.29, 1.82) is 5.26 Å². The Bertz CT molecular complexity index is 539. The smallest absolute Gasteiger partial charge is 0.306 e. The molecule has 2 unspecified atom stereocenters. The van der Waals surface area contributed by atoms with E-state index in [0.29, 0.717) is 24.2 Å². The molecule has 4 nitrogen and oxygen atoms in total. The van der Waals surface area contributed by atoms with Crippen molar-refractivity contribution in [3.8, 4) is 6.07 Å². The van der Waals surface area contributed by atoms with Crippen LogP contribution in [0.3, 0.4) is 0 Å². The molecule has 106 valence electrons. The van der Waals surface area contributed by atoms with Gasteiger partial charge in [-0.3, -0.25) is 4.79 Å². The topological polar surface area (TPSA) is 73.1 Å². The third-order valence-electron chi connectivity index (χ3n) is 3.87. The zero-order valence-corrected chi connectivity index (χ0v) is 11.1. The van der Waals surface area contributed by atoms with Crippen molar-refractivity contribution >= 4 is 5.97 Å². The number of nitrogens with one attached hydrogen (secondary N) is 1. The highest BCUT2D eigenvalue weighted by molar-refractivity contribution is 5.70. The van der Waals surface area contributed by atoms with E-state index < -0.39 is 5.97 Å². The SMILES string of the molecule is N#Cc1ccc(F)c(CNCC2CCCC2C(=O)O)c1. The van der Waals surface area contributed by atoms with Crippen LogP contribution in [0.1, 0.15) is 30.4 Å². The fourth-order valence-corrected chi connectivity index (χ4v) is 2.78. The summed E-state index contributed by atoms with van der Waals surface area (Å²) in [6.45, 7) is 0.872. The number of carboxylic acid groups (broad SMARTS) is 1. The van der Waals surface area contributed by atoms with Crippen LogP contribution in [-0.2, 0) is 11.3 Å². The Labute approximate surface area is 117 Å². The highest BCUT2D eigenvalue weighted by Gasteiger charge is 2.32. The number of aliphatic carboxylic acids is 1. The molecule has 0 radical (unpaired) electrons. The predicted octanol–water partition coefficient (Wildman–Crippen LogP) is 2.29. The number of hydrogen-bond donors (Lipinski definition) is 2. The average molecular weight is 276 g/mol. The van der Waals surface area contributed by atoms with Gasteiger partial charge in [-0.1, -0.05) is 6.42 Å². The lowest BCUT2D eigenvalue weighted by Gasteiger charge is -2.16. The predicted molar refractivity (Wildman–Crippen MR) is 71.3 cm³/mol. The maximum atomic E-state index is 13.6. The minimum Gasteiger partial charge on any atom is -0.481 e. The molecule has 0 amide bonds. The standard InChI is InChI=1S/C15H17FN2O2/c16-14-5-4-10(7-17)6-12(14)9-18-8-11-2-1-3-13(11)15(19)20/h4-6,11,13,18H,1-3,8-9H2,(H,19,20). The molecule has 0 spiro atoms. The quantitative estimate of drug-likeness (QED) is 0.865. The number of nitrogens with zero attached hydrogens (tertiary/aromatic N) is 1. The van der Waals surface area contributed by atoms with Gasteiger partial charge < -0.3 is 10.4 Å². The van der Waals surface area contributed by atoms with Gasteiger partial charge in [0.15, 0.2) is 0 Å². The summed E-state index contributed by atoms with van der Waals surface area (Å²) >= 11 is 0. The monoisotopic (exact) mass is 276 g/mol. The lowest BCUT2D eigenvalue weighted by atomic mass is 9.96. The van der Waals surface area contributed by atoms with Gasteiger partial charge in [-0.2, -0.15) is 5.26 Å². The molecule has 1 aromatic carbocycles. The number of nitriles is 1. The molecule has 2 N–H and O–H groups in total. The van der Waals surface area contributed by atoms with Crippen LogP contribution in [0.4, 0.5) is 4.39 Å². The van der Waals surface area contributed by atoms with Crippen LogP contribution >= 0.6 is 0 Å². The molecule has 1 aliphatic rings. The molecule has 0 heterocycles. The van der Waals surface area contributed by atoms with Crippen LogP contribution in [-0.4, -0.2) is 17.6 Å². The number of carboxylic acids is 1. The highest BCUT2D eigenvalue weighted by atomic mass is 19.1. The van der Waals surface area contributed by atoms with E-state index in [9.17, 15) is 9.18 Å². The Balaban J connectivity index is 1.90. The molecular formula is C15H17FN2O2. The zero-order valence-electron chi connectivity index (χ0n) is 11.1. The summed E-state index contributed by atoms with van der Waals surface area (Å²) in [6.07, 6.45) is 2.55. The zero-order chi connectivity index (χ0) is 14.5. The maximum absolute atomic E-state index is 13.6. The van der Waals surface area contributed by atoms with Crippen molar-refractivity contribution in [2.75, 3.05) is 6.54 Å². The largest absolute Gasteiger partial charge is 0.481 e. The summed E-state index contributed by atoms with van der Waals surface area (Å²) in [4.78, 5) is 11.1. The molecule has 0 aliphatic heterocycles. The molecular weight excluding hydrogens is 259 g/mol. The Morgan fingerprint density at radius 3 is 3.00 bits per heavy atom. The molecule has 2 atom stereocenters. The molecule has 0 saturated heterocycles. The van der Waals surface area contributed by atoms with Crippen LogP contribution in [0.2, 0.25) is 0 Å². The van der Waals surface area contributed by atoms with Gasteiger partial charge in [-0.05, 0) is 43.5 Å². The number of benzene rings is 1. The van der Waals surface area contributed by atoms with E-state index in [-0.39, 0.29) is 17.7 Å². The van der Waals surface area contributed by atoms with Gasteiger partial charge >= 0.3 is 5.97 Å². The van der Waals surface area contributed by atoms with E-state index in [2.05, 4.69) is 5.32 Å². The van der Waals surface area contributed by atoms with Crippen molar-refractivity contribution in [2.24, 2.45) is 11.8 Å². The summed E-state index contributed by atoms with van der Waals surface area (Å²) in [5, 5.41) is 21.0. The summed E-state index contributed by atoms with van der Waals surface area (Å²) in [5.41, 5.74) is 0.862. The Hall–Kier alpha value is -1.93. The van der Waals surface area contributed by atoms with Gasteiger partial charge in [0.05, 0.1) is 17.6 Å². The minimum absolute atomic E-state index is 0.106. The van der Waals surface area contributed by atoms with E-state index in [1.54, 1.807) is 0 Å². The van der Waals surface area contributed by atoms with E-state index in [0.717, 1.165) is 19.3 Å². The number of carbonyl (C=O) groups is 1. The maximum Gasteiger partial charge on any atom is 0.306 e. The Kier molecular flexibility index (Phi) is 4.70. The minimum atomic E-state index is -0.744. The average Bonchev–Trinajstić information content (AvgIpc) is 2.89. The summed E-state index contributed by atoms with van der Waals surface area (Å²) in [5.74, 6) is -1.28. The first-order chi connectivity index (χ1) is 9.61. The van der Waals surface area contributed by atoms with Crippen molar-refractivity contribution in [2.45, 2.75) is 25.8 Å². The van der Waals surface area contributed by atoms with Crippen molar-refractivity contribution in [1.82, 2.24) is 5.32 Å². The fourth-order valence-electron chi connectivity index (χ4n) is 2.78. The fraction of sp³-hybridized carbons (Fsp3) is 0.467. The van der Waals surface area contributed by atoms with Crippen LogP contribution in [0.25, 0.3) is 0 Å². The molecule has 1 aliphatic carbocycles. The van der Waals surface area contributed by atoms with E-state index in [1.165, 1.54) is 18.2 Å². The van der Waals surface area contributed by atoms with Gasteiger partial charge in [0.1, 0.15) is 5.82 Å². The Morgan fingerprint density at radius 1 is 1.50 bits per heavy atom. The first kappa shape index (κ1) is 14.5. The third kappa shape index (κ3) is 3.34. The molecule has 1 saturated carbocycles. The third-order valence-corrected chi connectivity index (χ3v) is 3.87. The van der Waals surface area contributed by atoms with Crippen molar-refractivity contribution < 1.29 is 14.3 Å². The second-order valence-corrected chi connectivity index (χ2v) is 5.18. The number of hydrogen-bond acceptors (Lipinski definition) is 3. The molecule has 1 fully saturated rings. The molecule has 0 bridgehead atoms. The van der Waals surface area contributed by atoms with Crippen molar-refractivity contribution in [3.05, 3.63) is 35.1 Å². The molecule has 2 rings (SSSR count). The van der Waals surface area contributed by atoms with Gasteiger partial charge in [-0.15, -0.1) is 0 Å². The van der Waals surface area contributed by atoms with E-state index >= 15 is 0 Å². The molecule has 5 heteroatoms. The van der Waals surface area contributed by atoms with Gasteiger partial charge in [0.2, 0.25) is 0 Å². The summed E-state index contributed by atoms with van der Waals surface area (Å²) in [6, 6.07) is 6.22. The van der Waals surface area contributed by atoms with Gasteiger partial charge in [-0.25, -0.2) is 4.39 Å². The summed E-state index contributed by atoms with van der Waals surface area (Å²) in [7, 11) is 0. The van der Waals surface area contributed by atoms with Gasteiger partial charge in [0, 0.05) is 12.1 Å².